The second kappa shape index (κ2) is 5.09. The Morgan fingerprint density at radius 1 is 1.31 bits per heavy atom. The molecule has 6 heteroatoms. The molecule has 0 fully saturated rings. The summed E-state index contributed by atoms with van der Waals surface area (Å²) in [6.07, 6.45) is 0. The molecule has 0 saturated carbocycles. The van der Waals surface area contributed by atoms with Crippen LogP contribution in [0.4, 0.5) is 0 Å². The third kappa shape index (κ3) is 4.41. The fourth-order valence-corrected chi connectivity index (χ4v) is 1.94. The van der Waals surface area contributed by atoms with E-state index in [0.717, 1.165) is 0 Å². The Morgan fingerprint density at radius 2 is 1.88 bits per heavy atom. The highest BCUT2D eigenvalue weighted by atomic mass is 32.2. The molecule has 0 spiro atoms. The summed E-state index contributed by atoms with van der Waals surface area (Å²) in [5.41, 5.74) is 1.06. The Morgan fingerprint density at radius 3 is 2.38 bits per heavy atom. The third-order valence-corrected chi connectivity index (χ3v) is 2.64. The van der Waals surface area contributed by atoms with Crippen molar-refractivity contribution in [1.29, 1.82) is 0 Å². The second-order valence-electron chi connectivity index (χ2n) is 3.38. The summed E-state index contributed by atoms with van der Waals surface area (Å²) in [5.74, 6) is -0.761. The summed E-state index contributed by atoms with van der Waals surface area (Å²) in [6.45, 7) is 1.59. The fraction of sp³-hybridized carbons (Fsp3) is 0.300. The topological polar surface area (TPSA) is 86.3 Å². The minimum atomic E-state index is -4.30. The van der Waals surface area contributed by atoms with E-state index in [1.807, 2.05) is 0 Å². The molecule has 0 aromatic heterocycles. The molecular formula is C10H12NO4S-. The van der Waals surface area contributed by atoms with Gasteiger partial charge in [-0.15, -0.1) is 0 Å². The predicted molar refractivity (Wildman–Crippen MR) is 57.4 cm³/mol. The first-order valence-corrected chi connectivity index (χ1v) is 6.21. The normalized spacial score (nSPS) is 11.1. The van der Waals surface area contributed by atoms with Gasteiger partial charge in [0.2, 0.25) is 5.91 Å². The first kappa shape index (κ1) is 12.7. The van der Waals surface area contributed by atoms with Gasteiger partial charge < -0.3 is 9.87 Å². The van der Waals surface area contributed by atoms with Crippen LogP contribution in [-0.2, 0) is 27.2 Å². The molecule has 1 aromatic rings. The first-order valence-electron chi connectivity index (χ1n) is 4.63. The van der Waals surface area contributed by atoms with Gasteiger partial charge >= 0.3 is 0 Å². The molecule has 0 radical (unpaired) electrons. The van der Waals surface area contributed by atoms with Gasteiger partial charge in [0.05, 0.1) is 15.9 Å². The summed E-state index contributed by atoms with van der Waals surface area (Å²) in [6, 6.07) is 6.61. The number of amides is 1. The van der Waals surface area contributed by atoms with Crippen LogP contribution in [0.3, 0.4) is 0 Å². The molecule has 0 bridgehead atoms. The maximum Gasteiger partial charge on any atom is 0.217 e. The molecule has 1 N–H and O–H groups in total. The van der Waals surface area contributed by atoms with E-state index in [1.165, 1.54) is 6.92 Å². The van der Waals surface area contributed by atoms with E-state index >= 15 is 0 Å². The average Bonchev–Trinajstić information content (AvgIpc) is 2.14. The van der Waals surface area contributed by atoms with Gasteiger partial charge in [0, 0.05) is 13.5 Å². The van der Waals surface area contributed by atoms with Crippen LogP contribution < -0.4 is 5.32 Å². The number of rotatable bonds is 4. The highest BCUT2D eigenvalue weighted by Crippen LogP contribution is 2.11. The van der Waals surface area contributed by atoms with Crippen LogP contribution in [0.15, 0.2) is 24.3 Å². The molecule has 0 heterocycles. The Labute approximate surface area is 94.2 Å². The lowest BCUT2D eigenvalue weighted by atomic mass is 10.1. The Balaban J connectivity index is 2.87. The second-order valence-corrected chi connectivity index (χ2v) is 4.78. The molecule has 1 rings (SSSR count). The van der Waals surface area contributed by atoms with Crippen molar-refractivity contribution in [3.05, 3.63) is 35.4 Å². The van der Waals surface area contributed by atoms with Crippen LogP contribution in [0.1, 0.15) is 18.1 Å². The number of carbonyl (C=O) groups is 1. The minimum absolute atomic E-state index is 0.209. The van der Waals surface area contributed by atoms with Gasteiger partial charge in [-0.1, -0.05) is 24.3 Å². The van der Waals surface area contributed by atoms with Crippen molar-refractivity contribution in [2.24, 2.45) is 0 Å². The van der Waals surface area contributed by atoms with Gasteiger partial charge in [0.25, 0.3) is 0 Å². The maximum atomic E-state index is 10.7. The van der Waals surface area contributed by atoms with Crippen molar-refractivity contribution in [1.82, 2.24) is 5.32 Å². The van der Waals surface area contributed by atoms with Crippen molar-refractivity contribution in [3.8, 4) is 0 Å². The van der Waals surface area contributed by atoms with Gasteiger partial charge in [-0.25, -0.2) is 8.42 Å². The maximum absolute atomic E-state index is 10.7. The zero-order valence-corrected chi connectivity index (χ0v) is 9.58. The molecule has 0 aliphatic heterocycles. The quantitative estimate of drug-likeness (QED) is 0.773. The standard InChI is InChI=1S/C10H13NO4S/c1-8(12)11-6-9-4-2-3-5-10(9)7-16(13,14)15/h2-5H,6-7H2,1H3,(H,11,12)(H,13,14,15)/p-1. The highest BCUT2D eigenvalue weighted by Gasteiger charge is 2.05. The molecule has 0 aliphatic carbocycles. The van der Waals surface area contributed by atoms with Crippen molar-refractivity contribution in [3.63, 3.8) is 0 Å². The van der Waals surface area contributed by atoms with E-state index < -0.39 is 15.9 Å². The molecule has 0 atom stereocenters. The van der Waals surface area contributed by atoms with Crippen LogP contribution in [0.2, 0.25) is 0 Å². The minimum Gasteiger partial charge on any atom is -0.748 e. The van der Waals surface area contributed by atoms with E-state index in [2.05, 4.69) is 5.32 Å². The molecule has 0 saturated heterocycles. The van der Waals surface area contributed by atoms with Gasteiger partial charge in [-0.3, -0.25) is 4.79 Å². The van der Waals surface area contributed by atoms with E-state index in [9.17, 15) is 17.8 Å². The fourth-order valence-electron chi connectivity index (χ4n) is 1.28. The lowest BCUT2D eigenvalue weighted by Gasteiger charge is -2.12. The van der Waals surface area contributed by atoms with Gasteiger partial charge in [-0.2, -0.15) is 0 Å². The number of nitrogens with one attached hydrogen (secondary N) is 1. The smallest absolute Gasteiger partial charge is 0.217 e. The Bertz CT molecular complexity index is 481. The SMILES string of the molecule is CC(=O)NCc1ccccc1CS(=O)(=O)[O-]. The van der Waals surface area contributed by atoms with Crippen LogP contribution in [0, 0.1) is 0 Å². The summed E-state index contributed by atoms with van der Waals surface area (Å²) in [5, 5.41) is 2.55. The number of hydrogen-bond acceptors (Lipinski definition) is 4. The van der Waals surface area contributed by atoms with E-state index in [-0.39, 0.29) is 12.5 Å². The molecule has 88 valence electrons. The van der Waals surface area contributed by atoms with Crippen LogP contribution in [-0.4, -0.2) is 18.9 Å². The van der Waals surface area contributed by atoms with Crippen molar-refractivity contribution in [2.45, 2.75) is 19.2 Å². The first-order chi connectivity index (χ1) is 7.38. The summed E-state index contributed by atoms with van der Waals surface area (Å²) < 4.78 is 31.9. The lowest BCUT2D eigenvalue weighted by Crippen LogP contribution is -2.20. The lowest BCUT2D eigenvalue weighted by molar-refractivity contribution is -0.119. The summed E-state index contributed by atoms with van der Waals surface area (Å²) in [4.78, 5) is 10.7. The molecule has 0 aliphatic rings. The molecule has 1 aromatic carbocycles. The monoisotopic (exact) mass is 242 g/mol. The van der Waals surface area contributed by atoms with E-state index in [4.69, 9.17) is 0 Å². The predicted octanol–water partition coefficient (Wildman–Crippen LogP) is 0.368. The van der Waals surface area contributed by atoms with Crippen LogP contribution >= 0.6 is 0 Å². The summed E-state index contributed by atoms with van der Waals surface area (Å²) >= 11 is 0. The Hall–Kier alpha value is -1.40. The largest absolute Gasteiger partial charge is 0.748 e. The third-order valence-electron chi connectivity index (χ3n) is 1.98. The summed E-state index contributed by atoms with van der Waals surface area (Å²) in [7, 11) is -4.30. The zero-order valence-electron chi connectivity index (χ0n) is 8.76. The van der Waals surface area contributed by atoms with Crippen molar-refractivity contribution in [2.75, 3.05) is 0 Å². The van der Waals surface area contributed by atoms with Crippen LogP contribution in [0.25, 0.3) is 0 Å². The van der Waals surface area contributed by atoms with Crippen molar-refractivity contribution >= 4 is 16.0 Å². The molecular weight excluding hydrogens is 230 g/mol. The number of benzene rings is 1. The van der Waals surface area contributed by atoms with Gasteiger partial charge in [0.15, 0.2) is 0 Å². The van der Waals surface area contributed by atoms with E-state index in [0.29, 0.717) is 11.1 Å². The van der Waals surface area contributed by atoms with Crippen molar-refractivity contribution < 1.29 is 17.8 Å². The zero-order chi connectivity index (χ0) is 12.2. The molecule has 0 unspecified atom stereocenters. The molecule has 5 nitrogen and oxygen atoms in total. The van der Waals surface area contributed by atoms with E-state index in [1.54, 1.807) is 24.3 Å². The Kier molecular flexibility index (Phi) is 4.03. The molecule has 16 heavy (non-hydrogen) atoms. The van der Waals surface area contributed by atoms with Crippen LogP contribution in [0.5, 0.6) is 0 Å². The van der Waals surface area contributed by atoms with Gasteiger partial charge in [-0.05, 0) is 11.1 Å². The average molecular weight is 242 g/mol. The highest BCUT2D eigenvalue weighted by molar-refractivity contribution is 7.84. The van der Waals surface area contributed by atoms with Gasteiger partial charge in [0.1, 0.15) is 0 Å². The molecule has 1 amide bonds. The number of carbonyl (C=O) groups excluding carboxylic acids is 1. The number of hydrogen-bond donors (Lipinski definition) is 1.